The van der Waals surface area contributed by atoms with Crippen LogP contribution in [0.2, 0.25) is 0 Å². The lowest BCUT2D eigenvalue weighted by Gasteiger charge is -2.30. The first kappa shape index (κ1) is 21.2. The summed E-state index contributed by atoms with van der Waals surface area (Å²) in [5, 5.41) is 0.708. The Kier molecular flexibility index (Phi) is 4.91. The molecule has 0 radical (unpaired) electrons. The Labute approximate surface area is 192 Å². The molecule has 2 aliphatic rings. The molecule has 9 heteroatoms. The van der Waals surface area contributed by atoms with E-state index in [1.54, 1.807) is 12.1 Å². The molecule has 0 bridgehead atoms. The zero-order valence-electron chi connectivity index (χ0n) is 18.1. The van der Waals surface area contributed by atoms with E-state index in [1.807, 2.05) is 0 Å². The highest BCUT2D eigenvalue weighted by Crippen LogP contribution is 2.40. The highest BCUT2D eigenvalue weighted by atomic mass is 19.2. The van der Waals surface area contributed by atoms with Gasteiger partial charge in [-0.3, -0.25) is 9.88 Å². The van der Waals surface area contributed by atoms with Crippen LogP contribution in [0.1, 0.15) is 19.3 Å². The van der Waals surface area contributed by atoms with E-state index in [0.29, 0.717) is 23.7 Å². The van der Waals surface area contributed by atoms with Crippen LogP contribution >= 0.6 is 0 Å². The maximum atomic E-state index is 15.6. The van der Waals surface area contributed by atoms with Gasteiger partial charge in [-0.05, 0) is 30.8 Å². The maximum absolute atomic E-state index is 15.6. The van der Waals surface area contributed by atoms with E-state index in [-0.39, 0.29) is 40.3 Å². The standard InChI is InChI=1S/C25H20F4N4O/c26-16-9-25(7-2-8-33(25)12-16)13-34-24-31-11-15-10-30-23(21(29)22(15)32-24)17-4-1-3-14-5-6-18(27)20(28)19(14)17/h1,3-6,10-11,16H,2,7-9,12-13H2/t16-,25+/m1/s1. The predicted octanol–water partition coefficient (Wildman–Crippen LogP) is 5.22. The molecular weight excluding hydrogens is 448 g/mol. The summed E-state index contributed by atoms with van der Waals surface area (Å²) in [7, 11) is 0. The van der Waals surface area contributed by atoms with Crippen molar-refractivity contribution < 1.29 is 22.3 Å². The highest BCUT2D eigenvalue weighted by Gasteiger charge is 2.49. The average molecular weight is 468 g/mol. The zero-order chi connectivity index (χ0) is 23.4. The van der Waals surface area contributed by atoms with Crippen LogP contribution in [-0.4, -0.2) is 51.3 Å². The fraction of sp³-hybridized carbons (Fsp3) is 0.320. The zero-order valence-corrected chi connectivity index (χ0v) is 18.1. The van der Waals surface area contributed by atoms with Crippen molar-refractivity contribution in [3.8, 4) is 17.3 Å². The van der Waals surface area contributed by atoms with Crippen LogP contribution in [0.5, 0.6) is 6.01 Å². The van der Waals surface area contributed by atoms with Crippen LogP contribution in [0, 0.1) is 17.5 Å². The van der Waals surface area contributed by atoms with E-state index in [4.69, 9.17) is 4.74 Å². The summed E-state index contributed by atoms with van der Waals surface area (Å²) >= 11 is 0. The smallest absolute Gasteiger partial charge is 0.317 e. The molecule has 6 rings (SSSR count). The van der Waals surface area contributed by atoms with Gasteiger partial charge in [0, 0.05) is 41.7 Å². The molecule has 2 aromatic carbocycles. The molecule has 34 heavy (non-hydrogen) atoms. The Balaban J connectivity index is 1.38. The highest BCUT2D eigenvalue weighted by molar-refractivity contribution is 5.98. The summed E-state index contributed by atoms with van der Waals surface area (Å²) in [4.78, 5) is 14.7. The van der Waals surface area contributed by atoms with Crippen LogP contribution in [0.25, 0.3) is 32.9 Å². The summed E-state index contributed by atoms with van der Waals surface area (Å²) < 4.78 is 64.0. The fourth-order valence-electron chi connectivity index (χ4n) is 5.36. The Morgan fingerprint density at radius 1 is 1.03 bits per heavy atom. The molecule has 0 saturated carbocycles. The van der Waals surface area contributed by atoms with E-state index in [9.17, 15) is 13.2 Å². The van der Waals surface area contributed by atoms with Gasteiger partial charge in [-0.25, -0.2) is 22.5 Å². The van der Waals surface area contributed by atoms with E-state index < -0.39 is 23.6 Å². The topological polar surface area (TPSA) is 51.1 Å². The summed E-state index contributed by atoms with van der Waals surface area (Å²) in [6.45, 7) is 1.44. The van der Waals surface area contributed by atoms with Gasteiger partial charge >= 0.3 is 6.01 Å². The minimum atomic E-state index is -1.07. The SMILES string of the molecule is Fc1ccc2cccc(-c3ncc4cnc(OC[C@@]56CCCN5C[C@H](F)C6)nc4c3F)c2c1F. The van der Waals surface area contributed by atoms with Crippen molar-refractivity contribution in [2.45, 2.75) is 31.0 Å². The predicted molar refractivity (Wildman–Crippen MR) is 119 cm³/mol. The monoisotopic (exact) mass is 468 g/mol. The van der Waals surface area contributed by atoms with Gasteiger partial charge in [0.1, 0.15) is 24.0 Å². The molecule has 0 N–H and O–H groups in total. The molecule has 2 aliphatic heterocycles. The van der Waals surface area contributed by atoms with Gasteiger partial charge in [0.25, 0.3) is 0 Å². The Morgan fingerprint density at radius 2 is 1.88 bits per heavy atom. The largest absolute Gasteiger partial charge is 0.461 e. The average Bonchev–Trinajstić information content (AvgIpc) is 3.36. The maximum Gasteiger partial charge on any atom is 0.317 e. The lowest BCUT2D eigenvalue weighted by atomic mass is 9.95. The first-order valence-corrected chi connectivity index (χ1v) is 11.2. The van der Waals surface area contributed by atoms with E-state index in [0.717, 1.165) is 25.5 Å². The van der Waals surface area contributed by atoms with E-state index in [2.05, 4.69) is 19.9 Å². The van der Waals surface area contributed by atoms with E-state index >= 15 is 4.39 Å². The molecule has 0 unspecified atom stereocenters. The van der Waals surface area contributed by atoms with Crippen molar-refractivity contribution in [2.24, 2.45) is 0 Å². The quantitative estimate of drug-likeness (QED) is 0.385. The number of hydrogen-bond acceptors (Lipinski definition) is 5. The van der Waals surface area contributed by atoms with Crippen molar-refractivity contribution >= 4 is 21.7 Å². The second-order valence-electron chi connectivity index (χ2n) is 9.01. The number of aromatic nitrogens is 3. The molecule has 2 saturated heterocycles. The second kappa shape index (κ2) is 7.87. The molecule has 0 amide bonds. The van der Waals surface area contributed by atoms with Crippen molar-refractivity contribution in [2.75, 3.05) is 19.7 Å². The number of rotatable bonds is 4. The lowest BCUT2D eigenvalue weighted by Crippen LogP contribution is -2.43. The van der Waals surface area contributed by atoms with Crippen molar-refractivity contribution in [1.29, 1.82) is 0 Å². The molecule has 2 aromatic heterocycles. The number of alkyl halides is 1. The third-order valence-corrected chi connectivity index (χ3v) is 6.96. The van der Waals surface area contributed by atoms with Gasteiger partial charge in [-0.2, -0.15) is 4.98 Å². The first-order chi connectivity index (χ1) is 16.4. The van der Waals surface area contributed by atoms with Gasteiger partial charge in [-0.15, -0.1) is 0 Å². The van der Waals surface area contributed by atoms with Crippen molar-refractivity contribution in [3.63, 3.8) is 0 Å². The summed E-state index contributed by atoms with van der Waals surface area (Å²) in [5.41, 5.74) is -0.455. The van der Waals surface area contributed by atoms with E-state index in [1.165, 1.54) is 24.5 Å². The van der Waals surface area contributed by atoms with Crippen molar-refractivity contribution in [3.05, 3.63) is 60.2 Å². The number of nitrogens with zero attached hydrogens (tertiary/aromatic N) is 4. The molecule has 4 aromatic rings. The molecular formula is C25H20F4N4O. The first-order valence-electron chi connectivity index (χ1n) is 11.2. The third kappa shape index (κ3) is 3.29. The summed E-state index contributed by atoms with van der Waals surface area (Å²) in [6, 6.07) is 7.17. The molecule has 2 fully saturated rings. The van der Waals surface area contributed by atoms with Crippen LogP contribution < -0.4 is 4.74 Å². The van der Waals surface area contributed by atoms with Crippen molar-refractivity contribution in [1.82, 2.24) is 19.9 Å². The Morgan fingerprint density at radius 3 is 2.76 bits per heavy atom. The Hall–Kier alpha value is -3.33. The summed E-state index contributed by atoms with van der Waals surface area (Å²) in [6.07, 6.45) is 4.09. The molecule has 5 nitrogen and oxygen atoms in total. The summed E-state index contributed by atoms with van der Waals surface area (Å²) in [5.74, 6) is -2.88. The van der Waals surface area contributed by atoms with Crippen LogP contribution in [0.15, 0.2) is 42.7 Å². The van der Waals surface area contributed by atoms with Gasteiger partial charge in [0.05, 0.1) is 5.54 Å². The van der Waals surface area contributed by atoms with Gasteiger partial charge in [0.15, 0.2) is 17.5 Å². The number of fused-ring (bicyclic) bond motifs is 3. The van der Waals surface area contributed by atoms with Gasteiger partial charge in [0.2, 0.25) is 0 Å². The normalized spacial score (nSPS) is 22.5. The molecule has 4 heterocycles. The van der Waals surface area contributed by atoms with Gasteiger partial charge in [-0.1, -0.05) is 24.3 Å². The second-order valence-corrected chi connectivity index (χ2v) is 9.01. The lowest BCUT2D eigenvalue weighted by molar-refractivity contribution is 0.107. The molecule has 174 valence electrons. The van der Waals surface area contributed by atoms with Gasteiger partial charge < -0.3 is 4.74 Å². The minimum absolute atomic E-state index is 0.0257. The number of ether oxygens (including phenoxy) is 1. The number of benzene rings is 2. The minimum Gasteiger partial charge on any atom is -0.461 e. The van der Waals surface area contributed by atoms with Crippen LogP contribution in [0.3, 0.4) is 0 Å². The third-order valence-electron chi connectivity index (χ3n) is 6.96. The van der Waals surface area contributed by atoms with Crippen LogP contribution in [0.4, 0.5) is 17.6 Å². The molecule has 0 aliphatic carbocycles. The van der Waals surface area contributed by atoms with Crippen LogP contribution in [-0.2, 0) is 0 Å². The number of halogens is 4. The number of pyridine rings is 1. The number of hydrogen-bond donors (Lipinski definition) is 0. The fourth-order valence-corrected chi connectivity index (χ4v) is 5.36. The molecule has 0 spiro atoms. The Bertz CT molecular complexity index is 1430. The molecule has 2 atom stereocenters.